The average Bonchev–Trinajstić information content (AvgIpc) is 2.56. The van der Waals surface area contributed by atoms with Gasteiger partial charge in [0.2, 0.25) is 5.91 Å². The molecule has 6 nitrogen and oxygen atoms in total. The van der Waals surface area contributed by atoms with Crippen LogP contribution in [0.5, 0.6) is 5.75 Å². The van der Waals surface area contributed by atoms with Crippen LogP contribution in [0.15, 0.2) is 48.5 Å². The average molecular weight is 340 g/mol. The molecule has 0 saturated carbocycles. The fraction of sp³-hybridized carbons (Fsp3) is 0.211. The number of hydrogen-bond donors (Lipinski definition) is 2. The van der Waals surface area contributed by atoms with Crippen molar-refractivity contribution in [3.8, 4) is 5.75 Å². The number of hydrogen-bond acceptors (Lipinski definition) is 4. The zero-order chi connectivity index (χ0) is 18.4. The fourth-order valence-corrected chi connectivity index (χ4v) is 2.26. The molecular formula is C19H20N2O4. The third-order valence-electron chi connectivity index (χ3n) is 3.59. The molecule has 0 unspecified atom stereocenters. The summed E-state index contributed by atoms with van der Waals surface area (Å²) in [5.41, 5.74) is 7.76. The second kappa shape index (κ2) is 8.10. The molecule has 2 rings (SSSR count). The molecule has 0 aliphatic carbocycles. The lowest BCUT2D eigenvalue weighted by Crippen LogP contribution is -2.45. The monoisotopic (exact) mass is 340 g/mol. The SMILES string of the molecule is CC(=O)Oc1ccc(C(=O)N[C@H](Cc2ccc(C)cc2)C(N)=O)cc1. The first-order chi connectivity index (χ1) is 11.8. The van der Waals surface area contributed by atoms with Gasteiger partial charge >= 0.3 is 5.97 Å². The van der Waals surface area contributed by atoms with Crippen molar-refractivity contribution in [3.63, 3.8) is 0 Å². The highest BCUT2D eigenvalue weighted by Gasteiger charge is 2.19. The number of esters is 1. The van der Waals surface area contributed by atoms with E-state index in [2.05, 4.69) is 5.32 Å². The van der Waals surface area contributed by atoms with Gasteiger partial charge in [0, 0.05) is 18.9 Å². The highest BCUT2D eigenvalue weighted by atomic mass is 16.5. The molecule has 0 aromatic heterocycles. The van der Waals surface area contributed by atoms with Crippen LogP contribution >= 0.6 is 0 Å². The van der Waals surface area contributed by atoms with Crippen molar-refractivity contribution in [3.05, 3.63) is 65.2 Å². The van der Waals surface area contributed by atoms with Gasteiger partial charge in [0.1, 0.15) is 11.8 Å². The van der Waals surface area contributed by atoms with Crippen molar-refractivity contribution in [1.82, 2.24) is 5.32 Å². The highest BCUT2D eigenvalue weighted by molar-refractivity contribution is 5.97. The second-order valence-electron chi connectivity index (χ2n) is 5.74. The molecule has 2 amide bonds. The predicted molar refractivity (Wildman–Crippen MR) is 93.1 cm³/mol. The van der Waals surface area contributed by atoms with E-state index in [1.807, 2.05) is 31.2 Å². The Morgan fingerprint density at radius 1 is 1.04 bits per heavy atom. The van der Waals surface area contributed by atoms with Crippen LogP contribution in [-0.2, 0) is 16.0 Å². The Hall–Kier alpha value is -3.15. The number of nitrogens with two attached hydrogens (primary N) is 1. The van der Waals surface area contributed by atoms with Crippen LogP contribution < -0.4 is 15.8 Å². The number of benzene rings is 2. The summed E-state index contributed by atoms with van der Waals surface area (Å²) in [7, 11) is 0. The van der Waals surface area contributed by atoms with E-state index in [4.69, 9.17) is 10.5 Å². The summed E-state index contributed by atoms with van der Waals surface area (Å²) < 4.78 is 4.91. The van der Waals surface area contributed by atoms with Crippen LogP contribution in [0.4, 0.5) is 0 Å². The number of aryl methyl sites for hydroxylation is 1. The molecule has 0 fully saturated rings. The first-order valence-corrected chi connectivity index (χ1v) is 7.79. The number of carbonyl (C=O) groups is 3. The van der Waals surface area contributed by atoms with Crippen molar-refractivity contribution in [2.45, 2.75) is 26.3 Å². The van der Waals surface area contributed by atoms with E-state index in [0.29, 0.717) is 17.7 Å². The molecule has 1 atom stereocenters. The highest BCUT2D eigenvalue weighted by Crippen LogP contribution is 2.13. The van der Waals surface area contributed by atoms with Crippen LogP contribution in [0.3, 0.4) is 0 Å². The Labute approximate surface area is 146 Å². The molecule has 6 heteroatoms. The number of primary amides is 1. The summed E-state index contributed by atoms with van der Waals surface area (Å²) in [6.45, 7) is 3.26. The van der Waals surface area contributed by atoms with Crippen molar-refractivity contribution in [2.24, 2.45) is 5.73 Å². The van der Waals surface area contributed by atoms with Gasteiger partial charge < -0.3 is 15.8 Å². The minimum absolute atomic E-state index is 0.312. The third kappa shape index (κ3) is 5.46. The Kier molecular flexibility index (Phi) is 5.89. The summed E-state index contributed by atoms with van der Waals surface area (Å²) in [5.74, 6) is -1.13. The zero-order valence-electron chi connectivity index (χ0n) is 14.1. The van der Waals surface area contributed by atoms with E-state index in [9.17, 15) is 14.4 Å². The summed E-state index contributed by atoms with van der Waals surface area (Å²) in [4.78, 5) is 34.9. The fourth-order valence-electron chi connectivity index (χ4n) is 2.26. The molecular weight excluding hydrogens is 320 g/mol. The van der Waals surface area contributed by atoms with Gasteiger partial charge in [-0.15, -0.1) is 0 Å². The van der Waals surface area contributed by atoms with Gasteiger partial charge in [-0.25, -0.2) is 0 Å². The van der Waals surface area contributed by atoms with E-state index in [1.54, 1.807) is 0 Å². The molecule has 25 heavy (non-hydrogen) atoms. The van der Waals surface area contributed by atoms with E-state index in [0.717, 1.165) is 11.1 Å². The maximum absolute atomic E-state index is 12.3. The Bertz CT molecular complexity index is 767. The van der Waals surface area contributed by atoms with Gasteiger partial charge in [0.15, 0.2) is 0 Å². The molecule has 0 heterocycles. The van der Waals surface area contributed by atoms with Crippen molar-refractivity contribution < 1.29 is 19.1 Å². The minimum Gasteiger partial charge on any atom is -0.427 e. The van der Waals surface area contributed by atoms with Crippen LogP contribution in [0.1, 0.15) is 28.4 Å². The summed E-state index contributed by atoms with van der Waals surface area (Å²) in [6.07, 6.45) is 0.312. The molecule has 2 aromatic rings. The zero-order valence-corrected chi connectivity index (χ0v) is 14.1. The standard InChI is InChI=1S/C19H20N2O4/c1-12-3-5-14(6-4-12)11-17(18(20)23)21-19(24)15-7-9-16(10-8-15)25-13(2)22/h3-10,17H,11H2,1-2H3,(H2,20,23)(H,21,24)/t17-/m1/s1. The lowest BCUT2D eigenvalue weighted by Gasteiger charge is -2.16. The first kappa shape index (κ1) is 18.2. The molecule has 2 aromatic carbocycles. The molecule has 0 saturated heterocycles. The van der Waals surface area contributed by atoms with Crippen molar-refractivity contribution in [2.75, 3.05) is 0 Å². The molecule has 0 aliphatic heterocycles. The molecule has 130 valence electrons. The number of nitrogens with one attached hydrogen (secondary N) is 1. The number of ether oxygens (including phenoxy) is 1. The second-order valence-corrected chi connectivity index (χ2v) is 5.74. The smallest absolute Gasteiger partial charge is 0.308 e. The quantitative estimate of drug-likeness (QED) is 0.618. The lowest BCUT2D eigenvalue weighted by atomic mass is 10.0. The van der Waals surface area contributed by atoms with Crippen molar-refractivity contribution in [1.29, 1.82) is 0 Å². The van der Waals surface area contributed by atoms with Gasteiger partial charge in [-0.1, -0.05) is 29.8 Å². The van der Waals surface area contributed by atoms with Crippen LogP contribution in [0.25, 0.3) is 0 Å². The summed E-state index contributed by atoms with van der Waals surface area (Å²) >= 11 is 0. The lowest BCUT2D eigenvalue weighted by molar-refractivity contribution is -0.131. The van der Waals surface area contributed by atoms with E-state index in [-0.39, 0.29) is 0 Å². The molecule has 0 spiro atoms. The van der Waals surface area contributed by atoms with Crippen LogP contribution in [-0.4, -0.2) is 23.8 Å². The molecule has 3 N–H and O–H groups in total. The number of carbonyl (C=O) groups excluding carboxylic acids is 3. The van der Waals surface area contributed by atoms with E-state index in [1.165, 1.54) is 31.2 Å². The Balaban J connectivity index is 2.05. The van der Waals surface area contributed by atoms with Gasteiger partial charge in [0.05, 0.1) is 0 Å². The molecule has 0 radical (unpaired) electrons. The minimum atomic E-state index is -0.816. The Morgan fingerprint density at radius 3 is 2.16 bits per heavy atom. The van der Waals surface area contributed by atoms with E-state index >= 15 is 0 Å². The van der Waals surface area contributed by atoms with Gasteiger partial charge in [-0.05, 0) is 36.8 Å². The van der Waals surface area contributed by atoms with Gasteiger partial charge in [-0.3, -0.25) is 14.4 Å². The normalized spacial score (nSPS) is 11.4. The topological polar surface area (TPSA) is 98.5 Å². The van der Waals surface area contributed by atoms with Crippen LogP contribution in [0.2, 0.25) is 0 Å². The summed E-state index contributed by atoms with van der Waals surface area (Å²) in [5, 5.41) is 2.63. The Morgan fingerprint density at radius 2 is 1.64 bits per heavy atom. The van der Waals surface area contributed by atoms with Crippen LogP contribution in [0, 0.1) is 6.92 Å². The van der Waals surface area contributed by atoms with Crippen molar-refractivity contribution >= 4 is 17.8 Å². The van der Waals surface area contributed by atoms with Gasteiger partial charge in [0.25, 0.3) is 5.91 Å². The van der Waals surface area contributed by atoms with Gasteiger partial charge in [-0.2, -0.15) is 0 Å². The largest absolute Gasteiger partial charge is 0.427 e. The third-order valence-corrected chi connectivity index (χ3v) is 3.59. The first-order valence-electron chi connectivity index (χ1n) is 7.79. The number of rotatable bonds is 6. The number of amides is 2. The summed E-state index contributed by atoms with van der Waals surface area (Å²) in [6, 6.07) is 12.9. The van der Waals surface area contributed by atoms with E-state index < -0.39 is 23.8 Å². The maximum Gasteiger partial charge on any atom is 0.308 e. The maximum atomic E-state index is 12.3. The molecule has 0 aliphatic rings. The molecule has 0 bridgehead atoms. The predicted octanol–water partition coefficient (Wildman–Crippen LogP) is 1.75.